The third kappa shape index (κ3) is 4.84. The molecule has 0 radical (unpaired) electrons. The van der Waals surface area contributed by atoms with Crippen LogP contribution in [0.1, 0.15) is 22.3 Å². The van der Waals surface area contributed by atoms with Crippen molar-refractivity contribution in [3.05, 3.63) is 46.5 Å². The maximum atomic E-state index is 5.59. The quantitative estimate of drug-likeness (QED) is 0.631. The first-order valence-electron chi connectivity index (χ1n) is 8.57. The first-order valence-corrected chi connectivity index (χ1v) is 8.57. The Morgan fingerprint density at radius 2 is 0.778 bits per heavy atom. The van der Waals surface area contributed by atoms with Gasteiger partial charge in [0.25, 0.3) is 0 Å². The van der Waals surface area contributed by atoms with Crippen LogP contribution in [0.25, 0.3) is 0 Å². The van der Waals surface area contributed by atoms with Crippen LogP contribution in [-0.2, 0) is 29.1 Å². The van der Waals surface area contributed by atoms with Gasteiger partial charge in [-0.1, -0.05) is 0 Å². The highest BCUT2D eigenvalue weighted by Gasteiger charge is 2.16. The predicted octanol–water partition coefficient (Wildman–Crippen LogP) is 3.60. The Morgan fingerprint density at radius 3 is 1.07 bits per heavy atom. The van der Waals surface area contributed by atoms with Gasteiger partial charge in [0, 0.05) is 42.9 Å². The lowest BCUT2D eigenvalue weighted by Crippen LogP contribution is -2.03. The van der Waals surface area contributed by atoms with E-state index in [0.29, 0.717) is 19.6 Å². The fourth-order valence-corrected chi connectivity index (χ4v) is 3.07. The summed E-state index contributed by atoms with van der Waals surface area (Å²) in [7, 11) is 9.90. The van der Waals surface area contributed by atoms with Crippen LogP contribution in [0.5, 0.6) is 23.0 Å². The van der Waals surface area contributed by atoms with Gasteiger partial charge in [-0.2, -0.15) is 0 Å². The number of ether oxygens (including phenoxy) is 6. The summed E-state index contributed by atoms with van der Waals surface area (Å²) in [5.41, 5.74) is 3.82. The fraction of sp³-hybridized carbons (Fsp3) is 0.429. The summed E-state index contributed by atoms with van der Waals surface area (Å²) < 4.78 is 32.7. The summed E-state index contributed by atoms with van der Waals surface area (Å²) in [4.78, 5) is 0. The van der Waals surface area contributed by atoms with E-state index in [-0.39, 0.29) is 0 Å². The molecule has 0 aromatic heterocycles. The Balaban J connectivity index is 2.48. The lowest BCUT2D eigenvalue weighted by atomic mass is 9.99. The SMILES string of the molecule is COCc1cc(OC)c(Cc2cc(OC)c(COC)cc2OC)cc1OC. The second kappa shape index (κ2) is 10.0. The molecule has 2 aromatic rings. The third-order valence-electron chi connectivity index (χ3n) is 4.35. The topological polar surface area (TPSA) is 55.4 Å². The van der Waals surface area contributed by atoms with Crippen molar-refractivity contribution in [2.45, 2.75) is 19.6 Å². The Kier molecular flexibility index (Phi) is 7.76. The van der Waals surface area contributed by atoms with Gasteiger partial charge in [0.1, 0.15) is 23.0 Å². The molecule has 0 aliphatic carbocycles. The average molecular weight is 376 g/mol. The lowest BCUT2D eigenvalue weighted by Gasteiger charge is -2.17. The largest absolute Gasteiger partial charge is 0.496 e. The summed E-state index contributed by atoms with van der Waals surface area (Å²) in [5, 5.41) is 0. The zero-order chi connectivity index (χ0) is 19.8. The van der Waals surface area contributed by atoms with Crippen LogP contribution in [0.3, 0.4) is 0 Å². The molecule has 6 heteroatoms. The van der Waals surface area contributed by atoms with Crippen LogP contribution < -0.4 is 18.9 Å². The van der Waals surface area contributed by atoms with E-state index in [1.807, 2.05) is 24.3 Å². The number of hydrogen-bond acceptors (Lipinski definition) is 6. The van der Waals surface area contributed by atoms with E-state index >= 15 is 0 Å². The van der Waals surface area contributed by atoms with Gasteiger partial charge in [0.2, 0.25) is 0 Å². The van der Waals surface area contributed by atoms with Gasteiger partial charge < -0.3 is 28.4 Å². The fourth-order valence-electron chi connectivity index (χ4n) is 3.07. The predicted molar refractivity (Wildman–Crippen MR) is 103 cm³/mol. The zero-order valence-corrected chi connectivity index (χ0v) is 16.9. The van der Waals surface area contributed by atoms with Crippen LogP contribution in [-0.4, -0.2) is 42.7 Å². The molecule has 0 spiro atoms. The minimum atomic E-state index is 0.447. The van der Waals surface area contributed by atoms with Crippen molar-refractivity contribution in [1.82, 2.24) is 0 Å². The van der Waals surface area contributed by atoms with Crippen LogP contribution in [0.15, 0.2) is 24.3 Å². The van der Waals surface area contributed by atoms with E-state index in [1.54, 1.807) is 42.7 Å². The molecular weight excluding hydrogens is 348 g/mol. The van der Waals surface area contributed by atoms with E-state index in [2.05, 4.69) is 0 Å². The Labute approximate surface area is 160 Å². The van der Waals surface area contributed by atoms with Crippen molar-refractivity contribution in [2.75, 3.05) is 42.7 Å². The highest BCUT2D eigenvalue weighted by atomic mass is 16.5. The molecule has 0 saturated heterocycles. The van der Waals surface area contributed by atoms with Gasteiger partial charge in [-0.05, 0) is 24.3 Å². The molecule has 0 amide bonds. The van der Waals surface area contributed by atoms with Crippen molar-refractivity contribution in [2.24, 2.45) is 0 Å². The van der Waals surface area contributed by atoms with E-state index in [9.17, 15) is 0 Å². The molecule has 27 heavy (non-hydrogen) atoms. The molecule has 0 fully saturated rings. The zero-order valence-electron chi connectivity index (χ0n) is 16.9. The molecule has 2 rings (SSSR count). The summed E-state index contributed by atoms with van der Waals surface area (Å²) in [5.74, 6) is 3.05. The van der Waals surface area contributed by atoms with Crippen molar-refractivity contribution >= 4 is 0 Å². The molecule has 0 aliphatic heterocycles. The molecule has 0 bridgehead atoms. The second-order valence-corrected chi connectivity index (χ2v) is 5.99. The van der Waals surface area contributed by atoms with Gasteiger partial charge >= 0.3 is 0 Å². The lowest BCUT2D eigenvalue weighted by molar-refractivity contribution is 0.181. The summed E-state index contributed by atoms with van der Waals surface area (Å²) in [6.07, 6.45) is 0.597. The normalized spacial score (nSPS) is 10.6. The number of benzene rings is 2. The molecule has 0 atom stereocenters. The third-order valence-corrected chi connectivity index (χ3v) is 4.35. The molecule has 148 valence electrons. The first kappa shape index (κ1) is 20.9. The van der Waals surface area contributed by atoms with Crippen molar-refractivity contribution < 1.29 is 28.4 Å². The average Bonchev–Trinajstić information content (AvgIpc) is 2.69. The van der Waals surface area contributed by atoms with Crippen molar-refractivity contribution in [3.8, 4) is 23.0 Å². The number of hydrogen-bond donors (Lipinski definition) is 0. The molecule has 0 saturated carbocycles. The minimum absolute atomic E-state index is 0.447. The number of methoxy groups -OCH3 is 6. The van der Waals surface area contributed by atoms with Crippen LogP contribution >= 0.6 is 0 Å². The van der Waals surface area contributed by atoms with Crippen molar-refractivity contribution in [1.29, 1.82) is 0 Å². The molecule has 6 nitrogen and oxygen atoms in total. The van der Waals surface area contributed by atoms with E-state index in [1.165, 1.54) is 0 Å². The van der Waals surface area contributed by atoms with Gasteiger partial charge in [-0.25, -0.2) is 0 Å². The van der Waals surface area contributed by atoms with Gasteiger partial charge in [-0.3, -0.25) is 0 Å². The van der Waals surface area contributed by atoms with Crippen LogP contribution in [0.2, 0.25) is 0 Å². The maximum Gasteiger partial charge on any atom is 0.124 e. The van der Waals surface area contributed by atoms with Gasteiger partial charge in [0.15, 0.2) is 0 Å². The summed E-state index contributed by atoms with van der Waals surface area (Å²) in [6.45, 7) is 0.894. The Bertz CT molecular complexity index is 693. The van der Waals surface area contributed by atoms with Crippen LogP contribution in [0.4, 0.5) is 0 Å². The standard InChI is InChI=1S/C21H28O6/c1-22-12-16-10-18(24-3)14(8-20(16)26-5)7-15-9-21(27-6)17(13-23-2)11-19(15)25-4/h8-11H,7,12-13H2,1-6H3. The minimum Gasteiger partial charge on any atom is -0.496 e. The van der Waals surface area contributed by atoms with E-state index in [4.69, 9.17) is 28.4 Å². The van der Waals surface area contributed by atoms with Crippen LogP contribution in [0, 0.1) is 0 Å². The summed E-state index contributed by atoms with van der Waals surface area (Å²) in [6, 6.07) is 7.84. The molecule has 0 unspecified atom stereocenters. The molecule has 0 heterocycles. The van der Waals surface area contributed by atoms with Gasteiger partial charge in [0.05, 0.1) is 41.7 Å². The molecule has 0 N–H and O–H groups in total. The smallest absolute Gasteiger partial charge is 0.124 e. The summed E-state index contributed by atoms with van der Waals surface area (Å²) >= 11 is 0. The van der Waals surface area contributed by atoms with Gasteiger partial charge in [-0.15, -0.1) is 0 Å². The Hall–Kier alpha value is -2.44. The number of rotatable bonds is 10. The molecule has 0 aliphatic rings. The second-order valence-electron chi connectivity index (χ2n) is 5.99. The highest BCUT2D eigenvalue weighted by Crippen LogP contribution is 2.35. The Morgan fingerprint density at radius 1 is 0.481 bits per heavy atom. The highest BCUT2D eigenvalue weighted by molar-refractivity contribution is 5.52. The maximum absolute atomic E-state index is 5.59. The van der Waals surface area contributed by atoms with E-state index in [0.717, 1.165) is 45.3 Å². The molecule has 2 aromatic carbocycles. The van der Waals surface area contributed by atoms with E-state index < -0.39 is 0 Å². The first-order chi connectivity index (χ1) is 13.1. The molecular formula is C21H28O6. The van der Waals surface area contributed by atoms with Crippen molar-refractivity contribution in [3.63, 3.8) is 0 Å². The monoisotopic (exact) mass is 376 g/mol.